The average Bonchev–Trinajstić information content (AvgIpc) is 2.65. The Morgan fingerprint density at radius 1 is 1.46 bits per heavy atom. The highest BCUT2D eigenvalue weighted by Crippen LogP contribution is 2.10. The third-order valence-corrected chi connectivity index (χ3v) is 4.18. The molecule has 0 fully saturated rings. The molecule has 1 rings (SSSR count). The molecular formula is C8H14N2OS2. The molecular weight excluding hydrogens is 204 g/mol. The maximum atomic E-state index is 11.5. The topological polar surface area (TPSA) is 42.9 Å². The molecule has 0 radical (unpaired) electrons. The smallest absolute Gasteiger partial charge is 0.204 e. The van der Waals surface area contributed by atoms with Crippen molar-refractivity contribution in [1.82, 2.24) is 10.2 Å². The van der Waals surface area contributed by atoms with Crippen molar-refractivity contribution in [3.05, 3.63) is 5.51 Å². The normalized spacial score (nSPS) is 13.0. The molecule has 0 aliphatic carbocycles. The van der Waals surface area contributed by atoms with Crippen LogP contribution >= 0.6 is 11.3 Å². The molecule has 1 atom stereocenters. The van der Waals surface area contributed by atoms with Gasteiger partial charge in [0.1, 0.15) is 5.51 Å². The largest absolute Gasteiger partial charge is 0.252 e. The molecule has 3 nitrogen and oxygen atoms in total. The van der Waals surface area contributed by atoms with Crippen LogP contribution in [0.2, 0.25) is 0 Å². The van der Waals surface area contributed by atoms with Gasteiger partial charge in [-0.1, -0.05) is 37.5 Å². The second-order valence-electron chi connectivity index (χ2n) is 2.81. The van der Waals surface area contributed by atoms with Gasteiger partial charge in [-0.3, -0.25) is 4.21 Å². The Morgan fingerprint density at radius 3 is 2.92 bits per heavy atom. The van der Waals surface area contributed by atoms with Gasteiger partial charge < -0.3 is 0 Å². The molecule has 1 aromatic rings. The SMILES string of the molecule is CCCCCCS(=O)c1nncs1. The van der Waals surface area contributed by atoms with Crippen molar-refractivity contribution in [2.24, 2.45) is 0 Å². The molecule has 1 aromatic heterocycles. The molecule has 5 heteroatoms. The number of nitrogens with zero attached hydrogens (tertiary/aromatic N) is 2. The molecule has 74 valence electrons. The van der Waals surface area contributed by atoms with Crippen molar-refractivity contribution < 1.29 is 4.21 Å². The van der Waals surface area contributed by atoms with Crippen LogP contribution in [0, 0.1) is 0 Å². The summed E-state index contributed by atoms with van der Waals surface area (Å²) in [5, 5.41) is 7.45. The number of aromatic nitrogens is 2. The Labute approximate surface area is 85.0 Å². The van der Waals surface area contributed by atoms with Gasteiger partial charge in [-0.25, -0.2) is 0 Å². The lowest BCUT2D eigenvalue weighted by molar-refractivity contribution is 0.666. The summed E-state index contributed by atoms with van der Waals surface area (Å²) in [5.74, 6) is 0.731. The molecule has 13 heavy (non-hydrogen) atoms. The molecule has 0 aliphatic rings. The Bertz CT molecular complexity index is 249. The first-order valence-electron chi connectivity index (χ1n) is 4.49. The first-order chi connectivity index (χ1) is 6.34. The molecule has 0 N–H and O–H groups in total. The standard InChI is InChI=1S/C8H14N2OS2/c1-2-3-4-5-6-13(11)8-10-9-7-12-8/h7H,2-6H2,1H3. The summed E-state index contributed by atoms with van der Waals surface area (Å²) in [4.78, 5) is 0. The van der Waals surface area contributed by atoms with Gasteiger partial charge in [-0.05, 0) is 6.42 Å². The predicted octanol–water partition coefficient (Wildman–Crippen LogP) is 2.23. The van der Waals surface area contributed by atoms with E-state index in [0.29, 0.717) is 4.34 Å². The first kappa shape index (κ1) is 10.8. The molecule has 0 amide bonds. The van der Waals surface area contributed by atoms with E-state index in [9.17, 15) is 4.21 Å². The number of rotatable bonds is 6. The highest BCUT2D eigenvalue weighted by molar-refractivity contribution is 7.87. The minimum absolute atomic E-state index is 0.663. The van der Waals surface area contributed by atoms with Crippen molar-refractivity contribution in [2.45, 2.75) is 36.9 Å². The summed E-state index contributed by atoms with van der Waals surface area (Å²) < 4.78 is 12.2. The van der Waals surface area contributed by atoms with E-state index in [4.69, 9.17) is 0 Å². The van der Waals surface area contributed by atoms with Crippen LogP contribution in [0.5, 0.6) is 0 Å². The monoisotopic (exact) mass is 218 g/mol. The van der Waals surface area contributed by atoms with Crippen molar-refractivity contribution >= 4 is 22.1 Å². The average molecular weight is 218 g/mol. The third-order valence-electron chi connectivity index (χ3n) is 1.72. The number of hydrogen-bond donors (Lipinski definition) is 0. The zero-order valence-corrected chi connectivity index (χ0v) is 9.37. The van der Waals surface area contributed by atoms with Gasteiger partial charge in [0.25, 0.3) is 0 Å². The van der Waals surface area contributed by atoms with Gasteiger partial charge in [0, 0.05) is 5.75 Å². The van der Waals surface area contributed by atoms with E-state index in [-0.39, 0.29) is 0 Å². The quantitative estimate of drug-likeness (QED) is 0.688. The number of hydrogen-bond acceptors (Lipinski definition) is 4. The van der Waals surface area contributed by atoms with Gasteiger partial charge in [0.2, 0.25) is 4.34 Å². The van der Waals surface area contributed by atoms with Gasteiger partial charge in [0.05, 0.1) is 10.8 Å². The second-order valence-corrected chi connectivity index (χ2v) is 5.39. The fourth-order valence-corrected chi connectivity index (χ4v) is 2.88. The highest BCUT2D eigenvalue weighted by Gasteiger charge is 2.06. The van der Waals surface area contributed by atoms with Gasteiger partial charge in [0.15, 0.2) is 0 Å². The lowest BCUT2D eigenvalue weighted by Crippen LogP contribution is -1.97. The summed E-state index contributed by atoms with van der Waals surface area (Å²) in [6.45, 7) is 2.17. The van der Waals surface area contributed by atoms with E-state index in [2.05, 4.69) is 17.1 Å². The third kappa shape index (κ3) is 3.95. The molecule has 1 unspecified atom stereocenters. The van der Waals surface area contributed by atoms with Crippen LogP contribution in [0.15, 0.2) is 9.85 Å². The van der Waals surface area contributed by atoms with E-state index in [1.165, 1.54) is 30.6 Å². The Morgan fingerprint density at radius 2 is 2.31 bits per heavy atom. The summed E-state index contributed by atoms with van der Waals surface area (Å²) in [7, 11) is -0.911. The second kappa shape index (κ2) is 6.21. The molecule has 0 spiro atoms. The lowest BCUT2D eigenvalue weighted by atomic mass is 10.2. The van der Waals surface area contributed by atoms with E-state index in [1.54, 1.807) is 5.51 Å². The minimum Gasteiger partial charge on any atom is -0.252 e. The fourth-order valence-electron chi connectivity index (χ4n) is 1.01. The van der Waals surface area contributed by atoms with E-state index in [0.717, 1.165) is 12.2 Å². The predicted molar refractivity (Wildman–Crippen MR) is 55.3 cm³/mol. The van der Waals surface area contributed by atoms with Gasteiger partial charge in [-0.2, -0.15) is 0 Å². The molecule has 0 bridgehead atoms. The minimum atomic E-state index is -0.911. The molecule has 0 aromatic carbocycles. The number of unbranched alkanes of at least 4 members (excludes halogenated alkanes) is 3. The summed E-state index contributed by atoms with van der Waals surface area (Å²) in [5.41, 5.74) is 1.62. The van der Waals surface area contributed by atoms with E-state index >= 15 is 0 Å². The highest BCUT2D eigenvalue weighted by atomic mass is 32.2. The van der Waals surface area contributed by atoms with Gasteiger partial charge >= 0.3 is 0 Å². The maximum absolute atomic E-state index is 11.5. The van der Waals surface area contributed by atoms with Crippen LogP contribution in [-0.2, 0) is 10.8 Å². The van der Waals surface area contributed by atoms with Crippen molar-refractivity contribution in [3.63, 3.8) is 0 Å². The van der Waals surface area contributed by atoms with Gasteiger partial charge in [-0.15, -0.1) is 10.2 Å². The maximum Gasteiger partial charge on any atom is 0.204 e. The summed E-state index contributed by atoms with van der Waals surface area (Å²) in [6.07, 6.45) is 4.64. The summed E-state index contributed by atoms with van der Waals surface area (Å²) >= 11 is 1.37. The lowest BCUT2D eigenvalue weighted by Gasteiger charge is -1.96. The zero-order valence-electron chi connectivity index (χ0n) is 7.73. The molecule has 0 saturated carbocycles. The van der Waals surface area contributed by atoms with E-state index < -0.39 is 10.8 Å². The molecule has 1 heterocycles. The van der Waals surface area contributed by atoms with Crippen LogP contribution in [0.1, 0.15) is 32.6 Å². The molecule has 0 aliphatic heterocycles. The van der Waals surface area contributed by atoms with Crippen LogP contribution in [0.3, 0.4) is 0 Å². The van der Waals surface area contributed by atoms with Crippen LogP contribution in [0.4, 0.5) is 0 Å². The zero-order chi connectivity index (χ0) is 9.52. The summed E-state index contributed by atoms with van der Waals surface area (Å²) in [6, 6.07) is 0. The Kier molecular flexibility index (Phi) is 5.15. The fraction of sp³-hybridized carbons (Fsp3) is 0.750. The Hall–Kier alpha value is -0.290. The van der Waals surface area contributed by atoms with E-state index in [1.807, 2.05) is 0 Å². The molecule has 0 saturated heterocycles. The van der Waals surface area contributed by atoms with Crippen LogP contribution < -0.4 is 0 Å². The Balaban J connectivity index is 2.19. The van der Waals surface area contributed by atoms with Crippen LogP contribution in [0.25, 0.3) is 0 Å². The van der Waals surface area contributed by atoms with Crippen LogP contribution in [-0.4, -0.2) is 20.2 Å². The van der Waals surface area contributed by atoms with Crippen molar-refractivity contribution in [2.75, 3.05) is 5.75 Å². The first-order valence-corrected chi connectivity index (χ1v) is 6.69. The van der Waals surface area contributed by atoms with Crippen molar-refractivity contribution in [3.8, 4) is 0 Å². The van der Waals surface area contributed by atoms with Crippen molar-refractivity contribution in [1.29, 1.82) is 0 Å².